The van der Waals surface area contributed by atoms with E-state index in [1.807, 2.05) is 40.0 Å². The van der Waals surface area contributed by atoms with Gasteiger partial charge < -0.3 is 38.7 Å². The molecule has 63 heavy (non-hydrogen) atoms. The molecule has 0 aliphatic carbocycles. The largest absolute Gasteiger partial charge is 0.459 e. The van der Waals surface area contributed by atoms with Crippen LogP contribution in [0, 0.1) is 23.7 Å². The second-order valence-electron chi connectivity index (χ2n) is 19.1. The number of nitrogens with zero attached hydrogens (tertiary/aromatic N) is 6. The van der Waals surface area contributed by atoms with Crippen molar-refractivity contribution >= 4 is 29.1 Å². The Morgan fingerprint density at radius 2 is 1.81 bits per heavy atom. The molecule has 0 radical (unpaired) electrons. The van der Waals surface area contributed by atoms with Crippen LogP contribution in [0.2, 0.25) is 0 Å². The van der Waals surface area contributed by atoms with Crippen molar-refractivity contribution in [1.29, 1.82) is 0 Å². The third kappa shape index (κ3) is 11.7. The van der Waals surface area contributed by atoms with Crippen LogP contribution < -0.4 is 0 Å². The van der Waals surface area contributed by atoms with Gasteiger partial charge in [-0.15, -0.1) is 0 Å². The Bertz CT molecular complexity index is 1930. The number of esters is 1. The molecule has 3 aliphatic heterocycles. The molecule has 0 unspecified atom stereocenters. The van der Waals surface area contributed by atoms with Crippen molar-refractivity contribution in [2.24, 2.45) is 33.8 Å². The average Bonchev–Trinajstić information content (AvgIpc) is 3.76. The molecule has 3 fully saturated rings. The molecule has 0 aromatic carbocycles. The molecule has 0 spiro atoms. The summed E-state index contributed by atoms with van der Waals surface area (Å²) in [6.07, 6.45) is -0.163. The van der Waals surface area contributed by atoms with E-state index >= 15 is 0 Å². The number of hydrogen-bond acceptors (Lipinski definition) is 15. The number of ether oxygens (including phenoxy) is 5. The van der Waals surface area contributed by atoms with Crippen molar-refractivity contribution in [2.75, 3.05) is 20.3 Å². The number of rotatable bonds is 8. The maximum absolute atomic E-state index is 14.6. The first-order chi connectivity index (χ1) is 29.5. The van der Waals surface area contributed by atoms with Crippen LogP contribution in [-0.2, 0) is 49.5 Å². The molecule has 2 aromatic rings. The molecule has 2 bridgehead atoms. The van der Waals surface area contributed by atoms with E-state index in [-0.39, 0.29) is 56.1 Å². The van der Waals surface area contributed by atoms with E-state index in [1.165, 1.54) is 20.8 Å². The molecule has 350 valence electrons. The number of hydrogen-bond donors (Lipinski definition) is 2. The molecule has 2 N–H and O–H groups in total. The topological polar surface area (TPSA) is 206 Å². The Morgan fingerprint density at radius 3 is 2.41 bits per heavy atom. The van der Waals surface area contributed by atoms with Gasteiger partial charge in [-0.05, 0) is 92.8 Å². The fourth-order valence-corrected chi connectivity index (χ4v) is 9.21. The van der Waals surface area contributed by atoms with Gasteiger partial charge in [0.1, 0.15) is 36.0 Å². The highest BCUT2D eigenvalue weighted by molar-refractivity contribution is 6.00. The summed E-state index contributed by atoms with van der Waals surface area (Å²) in [5.74, 6) is -4.75. The number of likely N-dealkylation sites (N-methyl/N-ethyl adjacent to an activating group) is 1. The summed E-state index contributed by atoms with van der Waals surface area (Å²) in [5, 5.41) is 33.2. The SMILES string of the molecule is CC[C@H]1OC(=O)[C@H](C)C(=O)[C@H](C)[C@@H](O[C@@H]2O[C@H](C)C[C@H](N(C)C(C)(C)C)[C@H]2O)[C@@]2(C)C[C@@H](C)/C(=N\C(C)=O)[C@H](C)[C@@H](OC/C(=N\OCc3ccc(-n4cccn4)nc3)CO2)[C@]1(C)O. The summed E-state index contributed by atoms with van der Waals surface area (Å²) in [5.41, 5.74) is -2.17. The van der Waals surface area contributed by atoms with Crippen LogP contribution in [0.4, 0.5) is 0 Å². The monoisotopic (exact) mass is 883 g/mol. The molecule has 0 saturated carbocycles. The summed E-state index contributed by atoms with van der Waals surface area (Å²) < 4.78 is 34.4. The molecule has 5 rings (SSSR count). The number of fused-ring (bicyclic) bond motifs is 5. The van der Waals surface area contributed by atoms with Gasteiger partial charge in [-0.3, -0.25) is 19.3 Å². The van der Waals surface area contributed by atoms with Crippen LogP contribution in [-0.4, -0.2) is 139 Å². The fraction of sp³-hybridized carbons (Fsp3) is 0.717. The average molecular weight is 883 g/mol. The molecular formula is C46H70N6O11. The van der Waals surface area contributed by atoms with E-state index in [2.05, 4.69) is 45.9 Å². The molecule has 17 nitrogen and oxygen atoms in total. The Hall–Kier alpha value is -3.97. The van der Waals surface area contributed by atoms with Crippen molar-refractivity contribution in [3.63, 3.8) is 0 Å². The van der Waals surface area contributed by atoms with Gasteiger partial charge in [-0.2, -0.15) is 5.10 Å². The van der Waals surface area contributed by atoms with E-state index in [4.69, 9.17) is 28.5 Å². The Balaban J connectivity index is 1.64. The van der Waals surface area contributed by atoms with Gasteiger partial charge in [-0.25, -0.2) is 14.7 Å². The van der Waals surface area contributed by atoms with Gasteiger partial charge in [0.05, 0.1) is 37.1 Å². The molecule has 2 aromatic heterocycles. The van der Waals surface area contributed by atoms with Crippen molar-refractivity contribution in [3.8, 4) is 5.82 Å². The minimum atomic E-state index is -1.86. The molecule has 3 saturated heterocycles. The van der Waals surface area contributed by atoms with Crippen molar-refractivity contribution < 1.29 is 53.1 Å². The number of aliphatic imine (C=N–C) groups is 1. The number of aromatic nitrogens is 3. The summed E-state index contributed by atoms with van der Waals surface area (Å²) >= 11 is 0. The third-order valence-corrected chi connectivity index (χ3v) is 13.0. The van der Waals surface area contributed by atoms with Gasteiger partial charge in [0.15, 0.2) is 17.9 Å². The Labute approximate surface area is 371 Å². The smallest absolute Gasteiger partial charge is 0.316 e. The molecular weight excluding hydrogens is 813 g/mol. The lowest BCUT2D eigenvalue weighted by atomic mass is 9.73. The minimum absolute atomic E-state index is 0.0411. The van der Waals surface area contributed by atoms with Crippen LogP contribution in [0.5, 0.6) is 0 Å². The van der Waals surface area contributed by atoms with Crippen LogP contribution >= 0.6 is 0 Å². The standard InChI is InChI=1S/C46H70N6O11/c1-14-35-46(12,57)41-28(4)37(49-31(7)53)26(2)21-45(11,59-25-33(24-58-41)50-60-23-32-16-17-36(47-22-32)52-19-15-18-48-52)40(29(5)38(54)30(6)42(56)62-35)63-43-39(55)34(20-27(3)61-43)51(13)44(8,9)10/h15-19,22,26-30,34-35,39-41,43,55,57H,14,20-21,23-25H2,1-13H3/b49-37+,50-33+/t26-,27-,28+,29+,30-,34+,35-,39-,40-,41-,43+,45-,46-/m1/s1. The van der Waals surface area contributed by atoms with Gasteiger partial charge in [-0.1, -0.05) is 38.9 Å². The predicted octanol–water partition coefficient (Wildman–Crippen LogP) is 4.87. The lowest BCUT2D eigenvalue weighted by Gasteiger charge is -2.49. The molecule has 13 atom stereocenters. The lowest BCUT2D eigenvalue weighted by Crippen LogP contribution is -2.62. The zero-order valence-corrected chi connectivity index (χ0v) is 39.3. The first-order valence-electron chi connectivity index (χ1n) is 22.1. The quantitative estimate of drug-likeness (QED) is 0.206. The van der Waals surface area contributed by atoms with Crippen molar-refractivity contribution in [1.82, 2.24) is 19.7 Å². The summed E-state index contributed by atoms with van der Waals surface area (Å²) in [6, 6.07) is 5.09. The maximum Gasteiger partial charge on any atom is 0.316 e. The second kappa shape index (κ2) is 20.5. The van der Waals surface area contributed by atoms with Crippen LogP contribution in [0.1, 0.15) is 108 Å². The molecule has 5 heterocycles. The normalized spacial score (nSPS) is 36.7. The molecule has 3 aliphatic rings. The number of oxime groups is 1. The van der Waals surface area contributed by atoms with E-state index in [0.717, 1.165) is 5.56 Å². The highest BCUT2D eigenvalue weighted by Crippen LogP contribution is 2.40. The maximum atomic E-state index is 14.6. The number of amides is 1. The van der Waals surface area contributed by atoms with E-state index in [1.54, 1.807) is 50.1 Å². The summed E-state index contributed by atoms with van der Waals surface area (Å²) in [4.78, 5) is 58.5. The molecule has 1 amide bonds. The number of carbonyl (C=O) groups excluding carboxylic acids is 3. The molecule has 17 heteroatoms. The van der Waals surface area contributed by atoms with Gasteiger partial charge in [0.25, 0.3) is 0 Å². The third-order valence-electron chi connectivity index (χ3n) is 13.0. The number of aliphatic hydroxyl groups excluding tert-OH is 1. The first-order valence-corrected chi connectivity index (χ1v) is 22.1. The number of cyclic esters (lactones) is 1. The number of aliphatic hydroxyl groups is 2. The Morgan fingerprint density at radius 1 is 1.10 bits per heavy atom. The van der Waals surface area contributed by atoms with E-state index in [0.29, 0.717) is 18.0 Å². The summed E-state index contributed by atoms with van der Waals surface area (Å²) in [7, 11) is 1.95. The first kappa shape index (κ1) is 50.0. The predicted molar refractivity (Wildman–Crippen MR) is 234 cm³/mol. The van der Waals surface area contributed by atoms with E-state index in [9.17, 15) is 24.6 Å². The number of Topliss-reactive ketones (excluding diaryl/α,β-unsaturated/α-hetero) is 1. The zero-order chi connectivity index (χ0) is 46.6. The van der Waals surface area contributed by atoms with Crippen LogP contribution in [0.25, 0.3) is 5.82 Å². The lowest BCUT2D eigenvalue weighted by molar-refractivity contribution is -0.299. The van der Waals surface area contributed by atoms with Gasteiger partial charge in [0.2, 0.25) is 5.91 Å². The fourth-order valence-electron chi connectivity index (χ4n) is 9.21. The van der Waals surface area contributed by atoms with Gasteiger partial charge in [0, 0.05) is 60.2 Å². The van der Waals surface area contributed by atoms with Crippen LogP contribution in [0.15, 0.2) is 46.9 Å². The minimum Gasteiger partial charge on any atom is -0.459 e. The van der Waals surface area contributed by atoms with Gasteiger partial charge >= 0.3 is 5.97 Å². The summed E-state index contributed by atoms with van der Waals surface area (Å²) in [6.45, 7) is 21.0. The highest BCUT2D eigenvalue weighted by atomic mass is 16.7. The van der Waals surface area contributed by atoms with Crippen molar-refractivity contribution in [3.05, 3.63) is 42.4 Å². The van der Waals surface area contributed by atoms with Crippen LogP contribution in [0.3, 0.4) is 0 Å². The number of ketones is 1. The second-order valence-corrected chi connectivity index (χ2v) is 19.1. The Kier molecular flexibility index (Phi) is 16.3. The number of carbonyl (C=O) groups is 3. The van der Waals surface area contributed by atoms with Crippen molar-refractivity contribution in [2.45, 2.75) is 169 Å². The van der Waals surface area contributed by atoms with E-state index < -0.39 is 83.2 Å². The zero-order valence-electron chi connectivity index (χ0n) is 39.3. The number of pyridine rings is 1. The highest BCUT2D eigenvalue weighted by Gasteiger charge is 2.53.